The molecule has 86 valence electrons. The topological polar surface area (TPSA) is 47.7 Å². The van der Waals surface area contributed by atoms with Gasteiger partial charge in [-0.25, -0.2) is 4.98 Å². The van der Waals surface area contributed by atoms with Crippen LogP contribution in [0.3, 0.4) is 0 Å². The fraction of sp³-hybridized carbons (Fsp3) is 0.455. The van der Waals surface area contributed by atoms with Crippen LogP contribution >= 0.6 is 0 Å². The van der Waals surface area contributed by atoms with Crippen LogP contribution in [0.25, 0.3) is 0 Å². The molecule has 5 nitrogen and oxygen atoms in total. The molecule has 0 saturated carbocycles. The van der Waals surface area contributed by atoms with Crippen molar-refractivity contribution in [2.75, 3.05) is 6.54 Å². The Bertz CT molecular complexity index is 404. The molecule has 2 rings (SSSR count). The van der Waals surface area contributed by atoms with E-state index in [0.29, 0.717) is 0 Å². The van der Waals surface area contributed by atoms with Crippen molar-refractivity contribution in [3.63, 3.8) is 0 Å². The van der Waals surface area contributed by atoms with Gasteiger partial charge in [0, 0.05) is 38.4 Å². The minimum Gasteiger partial charge on any atom is -0.337 e. The molecule has 0 aliphatic rings. The van der Waals surface area contributed by atoms with Crippen molar-refractivity contribution in [1.82, 2.24) is 24.6 Å². The summed E-state index contributed by atoms with van der Waals surface area (Å²) in [6, 6.07) is 1.95. The van der Waals surface area contributed by atoms with Gasteiger partial charge in [-0.2, -0.15) is 5.10 Å². The van der Waals surface area contributed by atoms with Crippen LogP contribution in [0.1, 0.15) is 12.2 Å². The minimum atomic E-state index is 0.822. The van der Waals surface area contributed by atoms with Crippen molar-refractivity contribution in [1.29, 1.82) is 0 Å². The highest BCUT2D eigenvalue weighted by atomic mass is 15.3. The van der Waals surface area contributed by atoms with E-state index in [1.807, 2.05) is 41.0 Å². The summed E-state index contributed by atoms with van der Waals surface area (Å²) in [5, 5.41) is 7.52. The Kier molecular flexibility index (Phi) is 3.71. The second kappa shape index (κ2) is 5.46. The Hall–Kier alpha value is -1.62. The molecule has 0 aromatic carbocycles. The predicted octanol–water partition coefficient (Wildman–Crippen LogP) is 0.796. The maximum absolute atomic E-state index is 4.25. The first kappa shape index (κ1) is 10.9. The lowest BCUT2D eigenvalue weighted by Crippen LogP contribution is -2.18. The fourth-order valence-electron chi connectivity index (χ4n) is 1.57. The highest BCUT2D eigenvalue weighted by molar-refractivity contribution is 4.90. The number of nitrogens with one attached hydrogen (secondary N) is 1. The average molecular weight is 219 g/mol. The van der Waals surface area contributed by atoms with Gasteiger partial charge in [0.25, 0.3) is 0 Å². The van der Waals surface area contributed by atoms with Crippen LogP contribution < -0.4 is 5.32 Å². The number of aryl methyl sites for hydroxylation is 2. The van der Waals surface area contributed by atoms with Crippen molar-refractivity contribution in [2.24, 2.45) is 7.05 Å². The fourth-order valence-corrected chi connectivity index (χ4v) is 1.57. The molecule has 0 spiro atoms. The number of hydrogen-bond acceptors (Lipinski definition) is 3. The van der Waals surface area contributed by atoms with Crippen molar-refractivity contribution >= 4 is 0 Å². The molecule has 0 bridgehead atoms. The standard InChI is InChI=1S/C11H17N5/c1-15-9-6-13-11(15)10-12-4-2-7-16-8-3-5-14-16/h3,5-6,8-9,12H,2,4,7,10H2,1H3. The van der Waals surface area contributed by atoms with E-state index in [-0.39, 0.29) is 0 Å². The third-order valence-corrected chi connectivity index (χ3v) is 2.50. The molecule has 0 atom stereocenters. The Morgan fingerprint density at radius 3 is 2.94 bits per heavy atom. The first-order valence-electron chi connectivity index (χ1n) is 5.50. The maximum Gasteiger partial charge on any atom is 0.122 e. The molecule has 5 heteroatoms. The lowest BCUT2D eigenvalue weighted by molar-refractivity contribution is 0.535. The van der Waals surface area contributed by atoms with Gasteiger partial charge in [0.2, 0.25) is 0 Å². The summed E-state index contributed by atoms with van der Waals surface area (Å²) in [6.07, 6.45) is 8.65. The minimum absolute atomic E-state index is 0.822. The van der Waals surface area contributed by atoms with Crippen LogP contribution in [0.5, 0.6) is 0 Å². The molecule has 16 heavy (non-hydrogen) atoms. The normalized spacial score (nSPS) is 10.8. The van der Waals surface area contributed by atoms with Crippen molar-refractivity contribution < 1.29 is 0 Å². The monoisotopic (exact) mass is 219 g/mol. The van der Waals surface area contributed by atoms with Crippen LogP contribution in [-0.2, 0) is 20.1 Å². The summed E-state index contributed by atoms with van der Waals surface area (Å²) < 4.78 is 3.98. The molecule has 2 heterocycles. The van der Waals surface area contributed by atoms with Gasteiger partial charge in [-0.15, -0.1) is 0 Å². The van der Waals surface area contributed by atoms with Gasteiger partial charge in [-0.05, 0) is 19.0 Å². The molecule has 0 aliphatic carbocycles. The molecular formula is C11H17N5. The third kappa shape index (κ3) is 2.93. The predicted molar refractivity (Wildman–Crippen MR) is 61.8 cm³/mol. The van der Waals surface area contributed by atoms with Crippen LogP contribution in [-0.4, -0.2) is 25.9 Å². The van der Waals surface area contributed by atoms with Gasteiger partial charge < -0.3 is 9.88 Å². The molecular weight excluding hydrogens is 202 g/mol. The Balaban J connectivity index is 1.61. The number of imidazole rings is 1. The Labute approximate surface area is 95.1 Å². The van der Waals surface area contributed by atoms with E-state index in [0.717, 1.165) is 31.9 Å². The van der Waals surface area contributed by atoms with Gasteiger partial charge in [0.05, 0.1) is 6.54 Å². The summed E-state index contributed by atoms with van der Waals surface area (Å²) in [6.45, 7) is 2.76. The molecule has 0 unspecified atom stereocenters. The van der Waals surface area contributed by atoms with E-state index in [2.05, 4.69) is 15.4 Å². The number of hydrogen-bond donors (Lipinski definition) is 1. The summed E-state index contributed by atoms with van der Waals surface area (Å²) >= 11 is 0. The van der Waals surface area contributed by atoms with Crippen LogP contribution in [0.2, 0.25) is 0 Å². The zero-order valence-electron chi connectivity index (χ0n) is 9.50. The summed E-state index contributed by atoms with van der Waals surface area (Å²) in [5.74, 6) is 1.07. The lowest BCUT2D eigenvalue weighted by Gasteiger charge is -2.05. The maximum atomic E-state index is 4.25. The van der Waals surface area contributed by atoms with Gasteiger partial charge in [0.15, 0.2) is 0 Å². The zero-order chi connectivity index (χ0) is 11.2. The van der Waals surface area contributed by atoms with Gasteiger partial charge in [0.1, 0.15) is 5.82 Å². The molecule has 0 amide bonds. The van der Waals surface area contributed by atoms with Gasteiger partial charge in [-0.3, -0.25) is 4.68 Å². The molecule has 2 aromatic heterocycles. The summed E-state index contributed by atoms with van der Waals surface area (Å²) in [5.41, 5.74) is 0. The summed E-state index contributed by atoms with van der Waals surface area (Å²) in [7, 11) is 2.01. The Morgan fingerprint density at radius 2 is 2.25 bits per heavy atom. The van der Waals surface area contributed by atoms with Crippen LogP contribution in [0, 0.1) is 0 Å². The van der Waals surface area contributed by atoms with Crippen molar-refractivity contribution in [2.45, 2.75) is 19.5 Å². The van der Waals surface area contributed by atoms with Crippen molar-refractivity contribution in [3.05, 3.63) is 36.7 Å². The number of nitrogens with zero attached hydrogens (tertiary/aromatic N) is 4. The van der Waals surface area contributed by atoms with E-state index in [1.165, 1.54) is 0 Å². The third-order valence-electron chi connectivity index (χ3n) is 2.50. The molecule has 1 N–H and O–H groups in total. The lowest BCUT2D eigenvalue weighted by atomic mass is 10.4. The van der Waals surface area contributed by atoms with Crippen LogP contribution in [0.4, 0.5) is 0 Å². The second-order valence-corrected chi connectivity index (χ2v) is 3.75. The van der Waals surface area contributed by atoms with E-state index >= 15 is 0 Å². The second-order valence-electron chi connectivity index (χ2n) is 3.75. The highest BCUT2D eigenvalue weighted by Gasteiger charge is 1.97. The van der Waals surface area contributed by atoms with E-state index in [9.17, 15) is 0 Å². The quantitative estimate of drug-likeness (QED) is 0.731. The van der Waals surface area contributed by atoms with E-state index in [4.69, 9.17) is 0 Å². The van der Waals surface area contributed by atoms with Gasteiger partial charge >= 0.3 is 0 Å². The number of rotatable bonds is 6. The van der Waals surface area contributed by atoms with E-state index < -0.39 is 0 Å². The summed E-state index contributed by atoms with van der Waals surface area (Å²) in [4.78, 5) is 4.25. The number of aromatic nitrogens is 4. The SMILES string of the molecule is Cn1ccnc1CNCCCn1cccn1. The first-order valence-corrected chi connectivity index (χ1v) is 5.50. The smallest absolute Gasteiger partial charge is 0.122 e. The molecule has 2 aromatic rings. The molecule has 0 aliphatic heterocycles. The van der Waals surface area contributed by atoms with Crippen LogP contribution in [0.15, 0.2) is 30.9 Å². The highest BCUT2D eigenvalue weighted by Crippen LogP contribution is 1.93. The molecule has 0 radical (unpaired) electrons. The van der Waals surface area contributed by atoms with Crippen molar-refractivity contribution in [3.8, 4) is 0 Å². The molecule has 0 fully saturated rings. The van der Waals surface area contributed by atoms with Gasteiger partial charge in [-0.1, -0.05) is 0 Å². The Morgan fingerprint density at radius 1 is 1.31 bits per heavy atom. The molecule has 0 saturated heterocycles. The first-order chi connectivity index (χ1) is 7.86. The zero-order valence-corrected chi connectivity index (χ0v) is 9.50. The van der Waals surface area contributed by atoms with E-state index in [1.54, 1.807) is 6.20 Å². The average Bonchev–Trinajstić information content (AvgIpc) is 2.90. The largest absolute Gasteiger partial charge is 0.337 e.